The number of rotatable bonds is 6. The summed E-state index contributed by atoms with van der Waals surface area (Å²) in [6.07, 6.45) is 1.70. The number of nitrogens with zero attached hydrogens (tertiary/aromatic N) is 1. The summed E-state index contributed by atoms with van der Waals surface area (Å²) in [6.45, 7) is 5.16. The van der Waals surface area contributed by atoms with Gasteiger partial charge >= 0.3 is 0 Å². The maximum absolute atomic E-state index is 12.9. The SMILES string of the molecule is C=CCN(CCO)Cc1ccc(F)c(F)c1. The van der Waals surface area contributed by atoms with Gasteiger partial charge in [0.25, 0.3) is 0 Å². The lowest BCUT2D eigenvalue weighted by Crippen LogP contribution is -2.26. The van der Waals surface area contributed by atoms with E-state index in [2.05, 4.69) is 6.58 Å². The summed E-state index contributed by atoms with van der Waals surface area (Å²) in [7, 11) is 0. The Morgan fingerprint density at radius 3 is 2.62 bits per heavy atom. The fourth-order valence-corrected chi connectivity index (χ4v) is 1.46. The van der Waals surface area contributed by atoms with E-state index in [4.69, 9.17) is 5.11 Å². The normalized spacial score (nSPS) is 10.8. The van der Waals surface area contributed by atoms with Crippen LogP contribution in [-0.2, 0) is 6.54 Å². The van der Waals surface area contributed by atoms with E-state index in [1.165, 1.54) is 12.1 Å². The Morgan fingerprint density at radius 2 is 2.06 bits per heavy atom. The molecule has 0 radical (unpaired) electrons. The first-order valence-corrected chi connectivity index (χ1v) is 5.05. The molecule has 1 rings (SSSR count). The van der Waals surface area contributed by atoms with Crippen molar-refractivity contribution in [1.82, 2.24) is 4.90 Å². The van der Waals surface area contributed by atoms with Gasteiger partial charge in [-0.25, -0.2) is 8.78 Å². The molecule has 1 N–H and O–H groups in total. The quantitative estimate of drug-likeness (QED) is 0.751. The highest BCUT2D eigenvalue weighted by Gasteiger charge is 2.06. The van der Waals surface area contributed by atoms with Crippen molar-refractivity contribution in [3.8, 4) is 0 Å². The minimum atomic E-state index is -0.847. The molecule has 0 bridgehead atoms. The number of aliphatic hydroxyl groups is 1. The summed E-state index contributed by atoms with van der Waals surface area (Å²) in [5, 5.41) is 8.83. The third kappa shape index (κ3) is 3.72. The highest BCUT2D eigenvalue weighted by molar-refractivity contribution is 5.17. The van der Waals surface area contributed by atoms with Crippen molar-refractivity contribution in [2.75, 3.05) is 19.7 Å². The molecule has 0 aliphatic rings. The first kappa shape index (κ1) is 12.8. The third-order valence-corrected chi connectivity index (χ3v) is 2.19. The average molecular weight is 227 g/mol. The highest BCUT2D eigenvalue weighted by atomic mass is 19.2. The number of halogens is 2. The van der Waals surface area contributed by atoms with Crippen molar-refractivity contribution in [3.05, 3.63) is 48.1 Å². The van der Waals surface area contributed by atoms with E-state index in [0.717, 1.165) is 6.07 Å². The van der Waals surface area contributed by atoms with Crippen LogP contribution in [0.15, 0.2) is 30.9 Å². The summed E-state index contributed by atoms with van der Waals surface area (Å²) in [5.41, 5.74) is 0.675. The Labute approximate surface area is 93.8 Å². The van der Waals surface area contributed by atoms with E-state index in [1.54, 1.807) is 6.08 Å². The highest BCUT2D eigenvalue weighted by Crippen LogP contribution is 2.10. The van der Waals surface area contributed by atoms with Crippen molar-refractivity contribution >= 4 is 0 Å². The minimum absolute atomic E-state index is 0.0253. The van der Waals surface area contributed by atoms with Crippen LogP contribution in [0.2, 0.25) is 0 Å². The molecule has 2 nitrogen and oxygen atoms in total. The van der Waals surface area contributed by atoms with Gasteiger partial charge in [-0.2, -0.15) is 0 Å². The summed E-state index contributed by atoms with van der Waals surface area (Å²) >= 11 is 0. The largest absolute Gasteiger partial charge is 0.395 e. The van der Waals surface area contributed by atoms with E-state index in [-0.39, 0.29) is 6.61 Å². The third-order valence-electron chi connectivity index (χ3n) is 2.19. The zero-order valence-electron chi connectivity index (χ0n) is 9.00. The standard InChI is InChI=1S/C12H15F2NO/c1-2-5-15(6-7-16)9-10-3-4-11(13)12(14)8-10/h2-4,8,16H,1,5-7,9H2. The molecule has 16 heavy (non-hydrogen) atoms. The Bertz CT molecular complexity index is 355. The molecule has 0 amide bonds. The molecule has 1 aromatic carbocycles. The number of hydrogen-bond donors (Lipinski definition) is 1. The van der Waals surface area contributed by atoms with Gasteiger partial charge in [-0.05, 0) is 17.7 Å². The predicted octanol–water partition coefficient (Wildman–Crippen LogP) is 1.95. The van der Waals surface area contributed by atoms with Crippen molar-refractivity contribution in [3.63, 3.8) is 0 Å². The summed E-state index contributed by atoms with van der Waals surface area (Å²) in [6, 6.07) is 3.81. The fraction of sp³-hybridized carbons (Fsp3) is 0.333. The van der Waals surface area contributed by atoms with Gasteiger partial charge in [0.15, 0.2) is 11.6 Å². The van der Waals surface area contributed by atoms with Crippen LogP contribution in [0.25, 0.3) is 0 Å². The van der Waals surface area contributed by atoms with E-state index < -0.39 is 11.6 Å². The minimum Gasteiger partial charge on any atom is -0.395 e. The van der Waals surface area contributed by atoms with Gasteiger partial charge in [-0.3, -0.25) is 4.90 Å². The smallest absolute Gasteiger partial charge is 0.159 e. The molecular formula is C12H15F2NO. The molecule has 0 atom stereocenters. The van der Waals surface area contributed by atoms with Crippen LogP contribution in [0.1, 0.15) is 5.56 Å². The van der Waals surface area contributed by atoms with Gasteiger partial charge in [0, 0.05) is 19.6 Å². The molecule has 4 heteroatoms. The molecule has 0 saturated heterocycles. The molecule has 0 unspecified atom stereocenters. The maximum atomic E-state index is 12.9. The number of benzene rings is 1. The molecule has 0 heterocycles. The molecule has 0 aliphatic carbocycles. The zero-order chi connectivity index (χ0) is 12.0. The first-order chi connectivity index (χ1) is 7.67. The number of aliphatic hydroxyl groups excluding tert-OH is 1. The van der Waals surface area contributed by atoms with Crippen molar-refractivity contribution < 1.29 is 13.9 Å². The molecule has 88 valence electrons. The second-order valence-electron chi connectivity index (χ2n) is 3.50. The lowest BCUT2D eigenvalue weighted by atomic mass is 10.2. The lowest BCUT2D eigenvalue weighted by molar-refractivity contribution is 0.203. The molecule has 0 aliphatic heterocycles. The zero-order valence-corrected chi connectivity index (χ0v) is 9.00. The van der Waals surface area contributed by atoms with Crippen LogP contribution in [0.5, 0.6) is 0 Å². The van der Waals surface area contributed by atoms with Crippen molar-refractivity contribution in [1.29, 1.82) is 0 Å². The first-order valence-electron chi connectivity index (χ1n) is 5.05. The summed E-state index contributed by atoms with van der Waals surface area (Å²) in [4.78, 5) is 1.89. The Morgan fingerprint density at radius 1 is 1.31 bits per heavy atom. The van der Waals surface area contributed by atoms with Gasteiger partial charge in [0.05, 0.1) is 6.61 Å². The Balaban J connectivity index is 2.68. The molecule has 0 aromatic heterocycles. The predicted molar refractivity (Wildman–Crippen MR) is 58.9 cm³/mol. The van der Waals surface area contributed by atoms with Crippen LogP contribution in [0, 0.1) is 11.6 Å². The lowest BCUT2D eigenvalue weighted by Gasteiger charge is -2.19. The summed E-state index contributed by atoms with van der Waals surface area (Å²) in [5.74, 6) is -1.69. The fourth-order valence-electron chi connectivity index (χ4n) is 1.46. The second kappa shape index (κ2) is 6.35. The molecule has 0 spiro atoms. The van der Waals surface area contributed by atoms with Crippen LogP contribution in [0.3, 0.4) is 0 Å². The van der Waals surface area contributed by atoms with E-state index in [1.807, 2.05) is 4.90 Å². The van der Waals surface area contributed by atoms with Crippen LogP contribution in [-0.4, -0.2) is 29.7 Å². The van der Waals surface area contributed by atoms with Crippen molar-refractivity contribution in [2.45, 2.75) is 6.54 Å². The maximum Gasteiger partial charge on any atom is 0.159 e. The van der Waals surface area contributed by atoms with Crippen LogP contribution in [0.4, 0.5) is 8.78 Å². The molecule has 1 aromatic rings. The van der Waals surface area contributed by atoms with Gasteiger partial charge in [0.1, 0.15) is 0 Å². The summed E-state index contributed by atoms with van der Waals surface area (Å²) < 4.78 is 25.6. The van der Waals surface area contributed by atoms with Gasteiger partial charge in [-0.15, -0.1) is 6.58 Å². The van der Waals surface area contributed by atoms with Crippen LogP contribution >= 0.6 is 0 Å². The van der Waals surface area contributed by atoms with Gasteiger partial charge < -0.3 is 5.11 Å². The van der Waals surface area contributed by atoms with Crippen LogP contribution < -0.4 is 0 Å². The van der Waals surface area contributed by atoms with E-state index >= 15 is 0 Å². The van der Waals surface area contributed by atoms with E-state index in [9.17, 15) is 8.78 Å². The van der Waals surface area contributed by atoms with Crippen molar-refractivity contribution in [2.24, 2.45) is 0 Å². The second-order valence-corrected chi connectivity index (χ2v) is 3.50. The van der Waals surface area contributed by atoms with Gasteiger partial charge in [-0.1, -0.05) is 12.1 Å². The Kier molecular flexibility index (Phi) is 5.08. The van der Waals surface area contributed by atoms with E-state index in [0.29, 0.717) is 25.2 Å². The molecule has 0 saturated carbocycles. The average Bonchev–Trinajstić information content (AvgIpc) is 2.24. The Hall–Kier alpha value is -1.26. The number of hydrogen-bond acceptors (Lipinski definition) is 2. The topological polar surface area (TPSA) is 23.5 Å². The van der Waals surface area contributed by atoms with Gasteiger partial charge in [0.2, 0.25) is 0 Å². The monoisotopic (exact) mass is 227 g/mol. The molecule has 0 fully saturated rings. The molecular weight excluding hydrogens is 212 g/mol.